The molecule has 0 aromatic heterocycles. The summed E-state index contributed by atoms with van der Waals surface area (Å²) in [4.78, 5) is 12.3. The smallest absolute Gasteiger partial charge is 0.184 e. The van der Waals surface area contributed by atoms with Gasteiger partial charge in [0.1, 0.15) is 24.7 Å². The van der Waals surface area contributed by atoms with Crippen molar-refractivity contribution in [2.75, 3.05) is 13.3 Å². The monoisotopic (exact) mass is 388 g/mol. The summed E-state index contributed by atoms with van der Waals surface area (Å²) in [6.07, 6.45) is 7.26. The number of halogens is 2. The van der Waals surface area contributed by atoms with Gasteiger partial charge in [-0.2, -0.15) is 0 Å². The largest absolute Gasteiger partial charge is 0.407 e. The average molecular weight is 389 g/mol. The predicted molar refractivity (Wildman–Crippen MR) is 105 cm³/mol. The number of fused-ring (bicyclic) bond motifs is 1. The molecule has 4 atom stereocenters. The molecule has 2 rings (SSSR count). The highest BCUT2D eigenvalue weighted by molar-refractivity contribution is 6.69. The maximum Gasteiger partial charge on any atom is 0.184 e. The van der Waals surface area contributed by atoms with Gasteiger partial charge in [0.2, 0.25) is 0 Å². The Morgan fingerprint density at radius 3 is 2.50 bits per heavy atom. The second-order valence-corrected chi connectivity index (χ2v) is 14.5. The molecule has 0 aliphatic heterocycles. The first-order valence-electron chi connectivity index (χ1n) is 10.4. The topological polar surface area (TPSA) is 26.3 Å². The van der Waals surface area contributed by atoms with Gasteiger partial charge in [0.05, 0.1) is 0 Å². The normalized spacial score (nSPS) is 31.1. The second kappa shape index (κ2) is 8.38. The van der Waals surface area contributed by atoms with Crippen molar-refractivity contribution in [3.05, 3.63) is 0 Å². The number of hydrogen-bond acceptors (Lipinski definition) is 2. The lowest BCUT2D eigenvalue weighted by molar-refractivity contribution is -0.130. The fourth-order valence-corrected chi connectivity index (χ4v) is 7.29. The number of alkyl halides is 2. The Morgan fingerprint density at radius 2 is 1.92 bits per heavy atom. The molecule has 0 N–H and O–H groups in total. The highest BCUT2D eigenvalue weighted by Gasteiger charge is 2.52. The molecular weight excluding hydrogens is 350 g/mol. The zero-order valence-electron chi connectivity index (χ0n) is 17.4. The van der Waals surface area contributed by atoms with Crippen LogP contribution in [0.25, 0.3) is 0 Å². The Balaban J connectivity index is 1.93. The molecule has 0 aromatic rings. The van der Waals surface area contributed by atoms with Crippen LogP contribution in [0.5, 0.6) is 0 Å². The van der Waals surface area contributed by atoms with Crippen molar-refractivity contribution in [2.24, 2.45) is 23.2 Å². The molecule has 0 saturated heterocycles. The van der Waals surface area contributed by atoms with E-state index in [0.29, 0.717) is 24.0 Å². The third kappa shape index (κ3) is 4.75. The van der Waals surface area contributed by atoms with Gasteiger partial charge >= 0.3 is 0 Å². The van der Waals surface area contributed by atoms with E-state index in [1.54, 1.807) is 0 Å². The summed E-state index contributed by atoms with van der Waals surface area (Å²) in [7, 11) is -2.00. The SMILES string of the molecule is CC(CCCC(CF)(CF)O[Si](C)(C)C)[C@H]1CC[C@H]2C(=O)CCC[C@]12C. The number of rotatable bonds is 9. The molecule has 2 aliphatic rings. The summed E-state index contributed by atoms with van der Waals surface area (Å²) < 4.78 is 33.1. The van der Waals surface area contributed by atoms with E-state index in [0.717, 1.165) is 44.9 Å². The molecule has 26 heavy (non-hydrogen) atoms. The van der Waals surface area contributed by atoms with Crippen molar-refractivity contribution in [1.29, 1.82) is 0 Å². The number of ketones is 1. The summed E-state index contributed by atoms with van der Waals surface area (Å²) in [5.41, 5.74) is -1.10. The van der Waals surface area contributed by atoms with E-state index in [1.165, 1.54) is 0 Å². The molecule has 2 aliphatic carbocycles. The number of Topliss-reactive ketones (excluding diaryl/α,β-unsaturated/α-hetero) is 1. The predicted octanol–water partition coefficient (Wildman–Crippen LogP) is 6.11. The molecule has 0 heterocycles. The Bertz CT molecular complexity index is 487. The van der Waals surface area contributed by atoms with Crippen LogP contribution < -0.4 is 0 Å². The molecular formula is C21H38F2O2Si. The van der Waals surface area contributed by atoms with Gasteiger partial charge in [-0.1, -0.05) is 26.7 Å². The van der Waals surface area contributed by atoms with Crippen LogP contribution in [0, 0.1) is 23.2 Å². The van der Waals surface area contributed by atoms with Crippen molar-refractivity contribution >= 4 is 14.1 Å². The van der Waals surface area contributed by atoms with Crippen molar-refractivity contribution in [3.8, 4) is 0 Å². The molecule has 0 bridgehead atoms. The lowest BCUT2D eigenvalue weighted by atomic mass is 9.62. The molecule has 152 valence electrons. The van der Waals surface area contributed by atoms with Gasteiger partial charge < -0.3 is 4.43 Å². The highest BCUT2D eigenvalue weighted by atomic mass is 28.4. The second-order valence-electron chi connectivity index (χ2n) is 10.1. The van der Waals surface area contributed by atoms with E-state index in [-0.39, 0.29) is 11.3 Å². The maximum absolute atomic E-state index is 13.6. The summed E-state index contributed by atoms with van der Waals surface area (Å²) in [6, 6.07) is 0. The third-order valence-electron chi connectivity index (χ3n) is 6.93. The zero-order valence-corrected chi connectivity index (χ0v) is 18.4. The minimum absolute atomic E-state index is 0.140. The van der Waals surface area contributed by atoms with Gasteiger partial charge in [0.25, 0.3) is 0 Å². The lowest BCUT2D eigenvalue weighted by Crippen LogP contribution is -2.46. The van der Waals surface area contributed by atoms with Gasteiger partial charge in [-0.3, -0.25) is 4.79 Å². The fourth-order valence-electron chi connectivity index (χ4n) is 5.78. The molecule has 0 aromatic carbocycles. The Hall–Kier alpha value is -0.293. The van der Waals surface area contributed by atoms with Gasteiger partial charge in [0, 0.05) is 12.3 Å². The standard InChI is InChI=1S/C21H38F2O2Si/c1-16(8-6-13-21(14-22,15-23)25-26(3,4)5)17-10-11-18-19(24)9-7-12-20(17,18)2/h16-18H,6-15H2,1-5H3/t16?,17-,18+,20-/m1/s1. The summed E-state index contributed by atoms with van der Waals surface area (Å²) >= 11 is 0. The minimum atomic E-state index is -2.00. The van der Waals surface area contributed by atoms with Crippen LogP contribution >= 0.6 is 0 Å². The maximum atomic E-state index is 13.6. The molecule has 2 nitrogen and oxygen atoms in total. The number of carbonyl (C=O) groups excluding carboxylic acids is 1. The highest BCUT2D eigenvalue weighted by Crippen LogP contribution is 2.57. The third-order valence-corrected chi connectivity index (χ3v) is 7.97. The van der Waals surface area contributed by atoms with Crippen molar-refractivity contribution < 1.29 is 18.0 Å². The quantitative estimate of drug-likeness (QED) is 0.446. The van der Waals surface area contributed by atoms with Gasteiger partial charge in [-0.25, -0.2) is 8.78 Å². The van der Waals surface area contributed by atoms with E-state index < -0.39 is 27.3 Å². The summed E-state index contributed by atoms with van der Waals surface area (Å²) in [6.45, 7) is 9.02. The molecule has 2 saturated carbocycles. The summed E-state index contributed by atoms with van der Waals surface area (Å²) in [5, 5.41) is 0. The van der Waals surface area contributed by atoms with Gasteiger partial charge in [-0.15, -0.1) is 0 Å². The van der Waals surface area contributed by atoms with Crippen LogP contribution in [0.4, 0.5) is 8.78 Å². The Kier molecular flexibility index (Phi) is 7.09. The van der Waals surface area contributed by atoms with Crippen LogP contribution in [-0.4, -0.2) is 33.1 Å². The fraction of sp³-hybridized carbons (Fsp3) is 0.952. The number of hydrogen-bond donors (Lipinski definition) is 0. The molecule has 0 spiro atoms. The number of carbonyl (C=O) groups is 1. The van der Waals surface area contributed by atoms with Gasteiger partial charge in [-0.05, 0) is 69.0 Å². The van der Waals surface area contributed by atoms with E-state index in [2.05, 4.69) is 13.8 Å². The molecule has 5 heteroatoms. The summed E-state index contributed by atoms with van der Waals surface area (Å²) in [5.74, 6) is 1.75. The molecule has 1 unspecified atom stereocenters. The van der Waals surface area contributed by atoms with Crippen LogP contribution in [-0.2, 0) is 9.22 Å². The van der Waals surface area contributed by atoms with Crippen LogP contribution in [0.1, 0.15) is 65.2 Å². The molecule has 0 radical (unpaired) electrons. The molecule has 2 fully saturated rings. The van der Waals surface area contributed by atoms with E-state index in [4.69, 9.17) is 4.43 Å². The van der Waals surface area contributed by atoms with Crippen LogP contribution in [0.3, 0.4) is 0 Å². The van der Waals surface area contributed by atoms with Crippen molar-refractivity contribution in [3.63, 3.8) is 0 Å². The first-order valence-corrected chi connectivity index (χ1v) is 13.8. The first kappa shape index (κ1) is 22.0. The van der Waals surface area contributed by atoms with Crippen molar-refractivity contribution in [1.82, 2.24) is 0 Å². The van der Waals surface area contributed by atoms with E-state index in [9.17, 15) is 13.6 Å². The Morgan fingerprint density at radius 1 is 1.27 bits per heavy atom. The molecule has 0 amide bonds. The average Bonchev–Trinajstić information content (AvgIpc) is 2.91. The van der Waals surface area contributed by atoms with Crippen molar-refractivity contribution in [2.45, 2.75) is 90.5 Å². The zero-order chi connectivity index (χ0) is 19.6. The van der Waals surface area contributed by atoms with E-state index >= 15 is 0 Å². The van der Waals surface area contributed by atoms with Crippen LogP contribution in [0.15, 0.2) is 0 Å². The van der Waals surface area contributed by atoms with E-state index in [1.807, 2.05) is 19.6 Å². The van der Waals surface area contributed by atoms with Gasteiger partial charge in [0.15, 0.2) is 8.32 Å². The minimum Gasteiger partial charge on any atom is -0.407 e. The first-order chi connectivity index (χ1) is 12.1. The van der Waals surface area contributed by atoms with Crippen LogP contribution in [0.2, 0.25) is 19.6 Å². The Labute approximate surface area is 159 Å². The lowest BCUT2D eigenvalue weighted by Gasteiger charge is -2.42.